The van der Waals surface area contributed by atoms with Crippen molar-refractivity contribution < 1.29 is 28.2 Å². The fourth-order valence-corrected chi connectivity index (χ4v) is 3.86. The highest BCUT2D eigenvalue weighted by atomic mass is 28.4. The Morgan fingerprint density at radius 2 is 1.78 bits per heavy atom. The molecule has 0 aromatic carbocycles. The van der Waals surface area contributed by atoms with E-state index in [4.69, 9.17) is 23.4 Å². The number of rotatable bonds is 11. The first-order valence-electron chi connectivity index (χ1n) is 9.87. The van der Waals surface area contributed by atoms with Crippen LogP contribution in [0.25, 0.3) is 0 Å². The van der Waals surface area contributed by atoms with Crippen LogP contribution in [0, 0.1) is 0 Å². The van der Waals surface area contributed by atoms with Gasteiger partial charge in [0, 0.05) is 20.0 Å². The van der Waals surface area contributed by atoms with Crippen LogP contribution < -0.4 is 0 Å². The lowest BCUT2D eigenvalue weighted by atomic mass is 10.0. The zero-order valence-electron chi connectivity index (χ0n) is 18.7. The second kappa shape index (κ2) is 9.94. The van der Waals surface area contributed by atoms with Crippen LogP contribution in [0.15, 0.2) is 0 Å². The minimum Gasteiger partial charge on any atom is -0.414 e. The average molecular weight is 405 g/mol. The molecular weight excluding hydrogens is 364 g/mol. The highest BCUT2D eigenvalue weighted by molar-refractivity contribution is 6.74. The van der Waals surface area contributed by atoms with Gasteiger partial charge in [0.05, 0.1) is 24.9 Å². The Morgan fingerprint density at radius 3 is 2.30 bits per heavy atom. The second-order valence-electron chi connectivity index (χ2n) is 9.46. The summed E-state index contributed by atoms with van der Waals surface area (Å²) in [4.78, 5) is 11.4. The molecule has 0 amide bonds. The van der Waals surface area contributed by atoms with Gasteiger partial charge in [0.2, 0.25) is 0 Å². The van der Waals surface area contributed by atoms with Gasteiger partial charge in [-0.15, -0.1) is 0 Å². The van der Waals surface area contributed by atoms with Gasteiger partial charge in [-0.25, -0.2) is 0 Å². The van der Waals surface area contributed by atoms with Gasteiger partial charge in [0.25, 0.3) is 0 Å². The maximum Gasteiger partial charge on any atom is 0.192 e. The highest BCUT2D eigenvalue weighted by Gasteiger charge is 2.43. The Labute approximate surface area is 166 Å². The molecule has 1 heterocycles. The van der Waals surface area contributed by atoms with E-state index in [0.29, 0.717) is 25.9 Å². The topological polar surface area (TPSA) is 63.2 Å². The van der Waals surface area contributed by atoms with Gasteiger partial charge >= 0.3 is 0 Å². The highest BCUT2D eigenvalue weighted by Crippen LogP contribution is 2.37. The number of hydrogen-bond donors (Lipinski definition) is 0. The molecule has 0 bridgehead atoms. The van der Waals surface area contributed by atoms with Gasteiger partial charge in [-0.05, 0) is 45.3 Å². The smallest absolute Gasteiger partial charge is 0.192 e. The van der Waals surface area contributed by atoms with Crippen molar-refractivity contribution in [3.8, 4) is 0 Å². The van der Waals surface area contributed by atoms with E-state index in [9.17, 15) is 4.79 Å². The Hall–Kier alpha value is -0.313. The summed E-state index contributed by atoms with van der Waals surface area (Å²) < 4.78 is 29.5. The molecule has 1 fully saturated rings. The molecule has 0 N–H and O–H groups in total. The lowest BCUT2D eigenvalue weighted by molar-refractivity contribution is -0.153. The van der Waals surface area contributed by atoms with Gasteiger partial charge in [0.1, 0.15) is 12.6 Å². The molecular formula is C20H40O6Si. The summed E-state index contributed by atoms with van der Waals surface area (Å²) in [7, 11) is -0.265. The van der Waals surface area contributed by atoms with Crippen LogP contribution in [0.4, 0.5) is 0 Å². The second-order valence-corrected chi connectivity index (χ2v) is 14.3. The summed E-state index contributed by atoms with van der Waals surface area (Å²) >= 11 is 0. The molecule has 0 unspecified atom stereocenters. The Kier molecular flexibility index (Phi) is 9.10. The summed E-state index contributed by atoms with van der Waals surface area (Å²) in [6.45, 7) is 17.3. The minimum atomic E-state index is -1.88. The van der Waals surface area contributed by atoms with E-state index in [1.54, 1.807) is 14.0 Å². The standard InChI is InChI=1S/C20H40O6Si/c1-15(21)10-11-17-18(26-20(5,6)25-17)12-16(23-14-22-7)13-24-27(8,9)19(2,3)4/h16-18H,10-14H2,1-9H3/t16-,17+,18-/m0/s1. The third kappa shape index (κ3) is 8.29. The lowest BCUT2D eigenvalue weighted by Gasteiger charge is -2.37. The van der Waals surface area contributed by atoms with E-state index in [0.717, 1.165) is 0 Å². The minimum absolute atomic E-state index is 0.120. The molecule has 27 heavy (non-hydrogen) atoms. The molecule has 0 aliphatic carbocycles. The summed E-state index contributed by atoms with van der Waals surface area (Å²) in [5.74, 6) is -0.492. The number of carbonyl (C=O) groups is 1. The van der Waals surface area contributed by atoms with E-state index in [2.05, 4.69) is 33.9 Å². The van der Waals surface area contributed by atoms with Crippen molar-refractivity contribution in [2.24, 2.45) is 0 Å². The molecule has 1 saturated heterocycles. The number of methoxy groups -OCH3 is 1. The maximum atomic E-state index is 11.4. The normalized spacial score (nSPS) is 24.2. The number of ketones is 1. The first-order chi connectivity index (χ1) is 12.3. The van der Waals surface area contributed by atoms with Crippen LogP contribution in [0.1, 0.15) is 60.8 Å². The van der Waals surface area contributed by atoms with Gasteiger partial charge in [-0.2, -0.15) is 0 Å². The average Bonchev–Trinajstić information content (AvgIpc) is 2.80. The summed E-state index contributed by atoms with van der Waals surface area (Å²) in [6.07, 6.45) is 1.38. The Balaban J connectivity index is 2.76. The van der Waals surface area contributed by atoms with Crippen LogP contribution >= 0.6 is 0 Å². The fraction of sp³-hybridized carbons (Fsp3) is 0.950. The number of hydrogen-bond acceptors (Lipinski definition) is 6. The van der Waals surface area contributed by atoms with Crippen LogP contribution in [0.2, 0.25) is 18.1 Å². The molecule has 0 aromatic rings. The molecule has 1 aliphatic heterocycles. The largest absolute Gasteiger partial charge is 0.414 e. The molecule has 0 radical (unpaired) electrons. The van der Waals surface area contributed by atoms with E-state index in [1.807, 2.05) is 13.8 Å². The predicted molar refractivity (Wildman–Crippen MR) is 108 cm³/mol. The summed E-state index contributed by atoms with van der Waals surface area (Å²) in [5.41, 5.74) is 0. The zero-order valence-corrected chi connectivity index (χ0v) is 19.7. The third-order valence-corrected chi connectivity index (χ3v) is 9.92. The first kappa shape index (κ1) is 24.7. The Morgan fingerprint density at radius 1 is 1.19 bits per heavy atom. The van der Waals surface area contributed by atoms with Crippen LogP contribution in [-0.4, -0.2) is 58.7 Å². The maximum absolute atomic E-state index is 11.4. The molecule has 1 rings (SSSR count). The lowest BCUT2D eigenvalue weighted by Crippen LogP contribution is -2.44. The predicted octanol–water partition coefficient (Wildman–Crippen LogP) is 4.28. The summed E-state index contributed by atoms with van der Waals surface area (Å²) in [6, 6.07) is 0. The molecule has 0 aromatic heterocycles. The molecule has 160 valence electrons. The zero-order chi connectivity index (χ0) is 20.9. The van der Waals surface area contributed by atoms with Gasteiger partial charge < -0.3 is 28.2 Å². The molecule has 0 spiro atoms. The van der Waals surface area contributed by atoms with Crippen molar-refractivity contribution in [3.05, 3.63) is 0 Å². The van der Waals surface area contributed by atoms with Crippen molar-refractivity contribution >= 4 is 14.1 Å². The summed E-state index contributed by atoms with van der Waals surface area (Å²) in [5, 5.41) is 0.137. The number of ether oxygens (including phenoxy) is 4. The van der Waals surface area contributed by atoms with Crippen LogP contribution in [0.5, 0.6) is 0 Å². The van der Waals surface area contributed by atoms with Crippen molar-refractivity contribution in [1.82, 2.24) is 0 Å². The SMILES string of the molecule is COCO[C@H](CO[Si](C)(C)C(C)(C)C)C[C@@H]1OC(C)(C)O[C@@H]1CCC(C)=O. The first-order valence-corrected chi connectivity index (χ1v) is 12.8. The van der Waals surface area contributed by atoms with Crippen molar-refractivity contribution in [2.75, 3.05) is 20.5 Å². The fourth-order valence-electron chi connectivity index (χ4n) is 2.82. The number of Topliss-reactive ketones (excluding diaryl/α,β-unsaturated/α-hetero) is 1. The van der Waals surface area contributed by atoms with Gasteiger partial charge in [0.15, 0.2) is 14.1 Å². The molecule has 3 atom stereocenters. The van der Waals surface area contributed by atoms with E-state index >= 15 is 0 Å². The van der Waals surface area contributed by atoms with Crippen molar-refractivity contribution in [3.63, 3.8) is 0 Å². The van der Waals surface area contributed by atoms with E-state index < -0.39 is 14.1 Å². The van der Waals surface area contributed by atoms with Crippen molar-refractivity contribution in [1.29, 1.82) is 0 Å². The third-order valence-electron chi connectivity index (χ3n) is 5.42. The quantitative estimate of drug-likeness (QED) is 0.378. The monoisotopic (exact) mass is 404 g/mol. The van der Waals surface area contributed by atoms with Gasteiger partial charge in [-0.1, -0.05) is 20.8 Å². The molecule has 0 saturated carbocycles. The van der Waals surface area contributed by atoms with Crippen LogP contribution in [0.3, 0.4) is 0 Å². The van der Waals surface area contributed by atoms with E-state index in [-0.39, 0.29) is 35.9 Å². The van der Waals surface area contributed by atoms with Crippen LogP contribution in [-0.2, 0) is 28.2 Å². The number of carbonyl (C=O) groups excluding carboxylic acids is 1. The Bertz CT molecular complexity index is 472. The van der Waals surface area contributed by atoms with E-state index in [1.165, 1.54) is 0 Å². The van der Waals surface area contributed by atoms with Crippen molar-refractivity contribution in [2.45, 2.75) is 103 Å². The van der Waals surface area contributed by atoms with Gasteiger partial charge in [-0.3, -0.25) is 0 Å². The molecule has 1 aliphatic rings. The molecule has 7 heteroatoms. The molecule has 6 nitrogen and oxygen atoms in total.